The molecule has 0 saturated heterocycles. The van der Waals surface area contributed by atoms with Gasteiger partial charge >= 0.3 is 6.03 Å². The van der Waals surface area contributed by atoms with Gasteiger partial charge in [0.1, 0.15) is 5.82 Å². The summed E-state index contributed by atoms with van der Waals surface area (Å²) in [5.41, 5.74) is 1.86. The van der Waals surface area contributed by atoms with E-state index in [1.807, 2.05) is 18.4 Å². The molecule has 7 heteroatoms. The predicted molar refractivity (Wildman–Crippen MR) is 77.9 cm³/mol. The molecule has 0 spiro atoms. The molecule has 19 heavy (non-hydrogen) atoms. The molecule has 2 heterocycles. The highest BCUT2D eigenvalue weighted by atomic mass is 79.9. The smallest absolute Gasteiger partial charge is 0.315 e. The van der Waals surface area contributed by atoms with Crippen LogP contribution in [0.1, 0.15) is 17.1 Å². The minimum absolute atomic E-state index is 0.214. The van der Waals surface area contributed by atoms with Crippen molar-refractivity contribution in [2.24, 2.45) is 0 Å². The summed E-state index contributed by atoms with van der Waals surface area (Å²) in [6.07, 6.45) is 1.68. The molecule has 2 amide bonds. The summed E-state index contributed by atoms with van der Waals surface area (Å²) in [5, 5.41) is 7.52. The van der Waals surface area contributed by atoms with Crippen molar-refractivity contribution in [3.05, 3.63) is 44.6 Å². The second kappa shape index (κ2) is 6.63. The van der Waals surface area contributed by atoms with Crippen molar-refractivity contribution in [2.45, 2.75) is 20.0 Å². The summed E-state index contributed by atoms with van der Waals surface area (Å²) in [7, 11) is 0. The highest BCUT2D eigenvalue weighted by Crippen LogP contribution is 2.22. The summed E-state index contributed by atoms with van der Waals surface area (Å²) >= 11 is 5.03. The fraction of sp³-hybridized carbons (Fsp3) is 0.250. The van der Waals surface area contributed by atoms with Crippen molar-refractivity contribution in [3.63, 3.8) is 0 Å². The van der Waals surface area contributed by atoms with Crippen molar-refractivity contribution in [1.82, 2.24) is 20.6 Å². The first kappa shape index (κ1) is 14.0. The van der Waals surface area contributed by atoms with Crippen molar-refractivity contribution < 1.29 is 4.79 Å². The molecule has 0 aliphatic heterocycles. The standard InChI is InChI=1S/C12H13BrN4OS/c1-8-14-4-2-10(17-8)7-16-12(18)15-6-9-3-5-19-11(9)13/h2-5H,6-7H2,1H3,(H2,15,16,18). The van der Waals surface area contributed by atoms with Crippen LogP contribution in [0.25, 0.3) is 0 Å². The predicted octanol–water partition coefficient (Wildman–Crippen LogP) is 2.61. The summed E-state index contributed by atoms with van der Waals surface area (Å²) in [6.45, 7) is 2.70. The first-order valence-electron chi connectivity index (χ1n) is 5.67. The summed E-state index contributed by atoms with van der Waals surface area (Å²) in [5.74, 6) is 0.696. The first-order chi connectivity index (χ1) is 9.15. The maximum absolute atomic E-state index is 11.6. The summed E-state index contributed by atoms with van der Waals surface area (Å²) in [6, 6.07) is 3.54. The van der Waals surface area contributed by atoms with E-state index in [4.69, 9.17) is 0 Å². The zero-order valence-corrected chi connectivity index (χ0v) is 12.7. The van der Waals surface area contributed by atoms with E-state index in [-0.39, 0.29) is 6.03 Å². The van der Waals surface area contributed by atoms with Crippen LogP contribution in [0.3, 0.4) is 0 Å². The lowest BCUT2D eigenvalue weighted by molar-refractivity contribution is 0.240. The molecular formula is C12H13BrN4OS. The molecular weight excluding hydrogens is 328 g/mol. The van der Waals surface area contributed by atoms with Gasteiger partial charge in [-0.1, -0.05) is 0 Å². The normalized spacial score (nSPS) is 10.2. The Morgan fingerprint density at radius 2 is 2.16 bits per heavy atom. The number of urea groups is 1. The zero-order valence-electron chi connectivity index (χ0n) is 10.3. The third kappa shape index (κ3) is 4.29. The minimum atomic E-state index is -0.214. The van der Waals surface area contributed by atoms with Gasteiger partial charge in [-0.05, 0) is 45.9 Å². The van der Waals surface area contributed by atoms with Gasteiger partial charge in [0.15, 0.2) is 0 Å². The Hall–Kier alpha value is -1.47. The lowest BCUT2D eigenvalue weighted by Crippen LogP contribution is -2.34. The molecule has 5 nitrogen and oxygen atoms in total. The number of carbonyl (C=O) groups excluding carboxylic acids is 1. The lowest BCUT2D eigenvalue weighted by Gasteiger charge is -2.07. The van der Waals surface area contributed by atoms with Gasteiger partial charge < -0.3 is 10.6 Å². The fourth-order valence-corrected chi connectivity index (χ4v) is 2.70. The van der Waals surface area contributed by atoms with E-state index >= 15 is 0 Å². The number of hydrogen-bond donors (Lipinski definition) is 2. The molecule has 100 valence electrons. The van der Waals surface area contributed by atoms with Gasteiger partial charge in [-0.3, -0.25) is 0 Å². The third-order valence-corrected chi connectivity index (χ3v) is 4.21. The molecule has 0 fully saturated rings. The summed E-state index contributed by atoms with van der Waals surface area (Å²) in [4.78, 5) is 19.8. The number of hydrogen-bond acceptors (Lipinski definition) is 4. The van der Waals surface area contributed by atoms with Crippen LogP contribution in [-0.4, -0.2) is 16.0 Å². The first-order valence-corrected chi connectivity index (χ1v) is 7.34. The quantitative estimate of drug-likeness (QED) is 0.898. The molecule has 2 aromatic rings. The number of halogens is 1. The SMILES string of the molecule is Cc1nccc(CNC(=O)NCc2ccsc2Br)n1. The molecule has 0 saturated carbocycles. The Morgan fingerprint density at radius 3 is 2.84 bits per heavy atom. The molecule has 0 unspecified atom stereocenters. The number of carbonyl (C=O) groups is 1. The van der Waals surface area contributed by atoms with Crippen molar-refractivity contribution >= 4 is 33.3 Å². The number of aromatic nitrogens is 2. The molecule has 0 bridgehead atoms. The number of rotatable bonds is 4. The van der Waals surface area contributed by atoms with Crippen molar-refractivity contribution in [1.29, 1.82) is 0 Å². The Balaban J connectivity index is 1.77. The number of nitrogens with one attached hydrogen (secondary N) is 2. The van der Waals surface area contributed by atoms with E-state index in [0.29, 0.717) is 18.9 Å². The van der Waals surface area contributed by atoms with Crippen molar-refractivity contribution in [2.75, 3.05) is 0 Å². The Bertz CT molecular complexity index is 572. The summed E-state index contributed by atoms with van der Waals surface area (Å²) < 4.78 is 1.04. The number of aryl methyl sites for hydroxylation is 1. The number of nitrogens with zero attached hydrogens (tertiary/aromatic N) is 2. The van der Waals surface area contributed by atoms with Crippen LogP contribution < -0.4 is 10.6 Å². The van der Waals surface area contributed by atoms with Gasteiger partial charge in [0, 0.05) is 12.7 Å². The second-order valence-electron chi connectivity index (χ2n) is 3.85. The third-order valence-electron chi connectivity index (χ3n) is 2.40. The Labute approximate surface area is 123 Å². The minimum Gasteiger partial charge on any atom is -0.334 e. The average molecular weight is 341 g/mol. The van der Waals surface area contributed by atoms with Crippen LogP contribution in [0.15, 0.2) is 27.5 Å². The van der Waals surface area contributed by atoms with E-state index in [9.17, 15) is 4.79 Å². The van der Waals surface area contributed by atoms with E-state index in [1.54, 1.807) is 23.6 Å². The molecule has 0 aliphatic carbocycles. The molecule has 0 radical (unpaired) electrons. The van der Waals surface area contributed by atoms with Crippen molar-refractivity contribution in [3.8, 4) is 0 Å². The van der Waals surface area contributed by atoms with E-state index < -0.39 is 0 Å². The number of amides is 2. The van der Waals surface area contributed by atoms with Gasteiger partial charge in [0.05, 0.1) is 16.0 Å². The van der Waals surface area contributed by atoms with Gasteiger partial charge in [-0.25, -0.2) is 14.8 Å². The molecule has 0 aliphatic rings. The van der Waals surface area contributed by atoms with Gasteiger partial charge in [0.2, 0.25) is 0 Å². The van der Waals surface area contributed by atoms with Gasteiger partial charge in [-0.15, -0.1) is 11.3 Å². The largest absolute Gasteiger partial charge is 0.334 e. The van der Waals surface area contributed by atoms with Crippen LogP contribution in [-0.2, 0) is 13.1 Å². The van der Waals surface area contributed by atoms with Gasteiger partial charge in [0.25, 0.3) is 0 Å². The van der Waals surface area contributed by atoms with Crippen LogP contribution >= 0.6 is 27.3 Å². The molecule has 2 N–H and O–H groups in total. The van der Waals surface area contributed by atoms with E-state index in [1.165, 1.54) is 0 Å². The highest BCUT2D eigenvalue weighted by molar-refractivity contribution is 9.11. The Morgan fingerprint density at radius 1 is 1.37 bits per heavy atom. The maximum atomic E-state index is 11.6. The molecule has 0 atom stereocenters. The zero-order chi connectivity index (χ0) is 13.7. The fourth-order valence-electron chi connectivity index (χ4n) is 1.46. The topological polar surface area (TPSA) is 66.9 Å². The molecule has 2 aromatic heterocycles. The number of thiophene rings is 1. The van der Waals surface area contributed by atoms with Crippen LogP contribution in [0.5, 0.6) is 0 Å². The highest BCUT2D eigenvalue weighted by Gasteiger charge is 2.04. The Kier molecular flexibility index (Phi) is 4.86. The van der Waals surface area contributed by atoms with E-state index in [0.717, 1.165) is 15.0 Å². The van der Waals surface area contributed by atoms with Crippen LogP contribution in [0, 0.1) is 6.92 Å². The average Bonchev–Trinajstić information content (AvgIpc) is 2.80. The van der Waals surface area contributed by atoms with E-state index in [2.05, 4.69) is 36.5 Å². The lowest BCUT2D eigenvalue weighted by atomic mass is 10.3. The van der Waals surface area contributed by atoms with Gasteiger partial charge in [-0.2, -0.15) is 0 Å². The molecule has 2 rings (SSSR count). The monoisotopic (exact) mass is 340 g/mol. The maximum Gasteiger partial charge on any atom is 0.315 e. The van der Waals surface area contributed by atoms with Crippen LogP contribution in [0.4, 0.5) is 4.79 Å². The molecule has 0 aromatic carbocycles. The van der Waals surface area contributed by atoms with Crippen LogP contribution in [0.2, 0.25) is 0 Å². The second-order valence-corrected chi connectivity index (χ2v) is 6.08.